The average Bonchev–Trinajstić information content (AvgIpc) is 3.53. The maximum Gasteiger partial charge on any atom is 0.309 e. The van der Waals surface area contributed by atoms with E-state index in [1.807, 2.05) is 18.3 Å². The molecule has 0 aliphatic heterocycles. The number of aliphatic carboxylic acids is 1. The van der Waals surface area contributed by atoms with E-state index in [2.05, 4.69) is 11.9 Å². The summed E-state index contributed by atoms with van der Waals surface area (Å²) in [5.74, 6) is -1.58. The van der Waals surface area contributed by atoms with Gasteiger partial charge in [0.2, 0.25) is 0 Å². The molecule has 1 heterocycles. The van der Waals surface area contributed by atoms with Gasteiger partial charge in [0.1, 0.15) is 0 Å². The van der Waals surface area contributed by atoms with E-state index in [4.69, 9.17) is 0 Å². The number of unbranched alkanes of at least 4 members (excludes halogenated alkanes) is 6. The molecule has 6 heteroatoms. The summed E-state index contributed by atoms with van der Waals surface area (Å²) in [6.45, 7) is 2.21. The Labute approximate surface area is 224 Å². The van der Waals surface area contributed by atoms with Gasteiger partial charge in [0, 0.05) is 0 Å². The smallest absolute Gasteiger partial charge is 0.309 e. The lowest BCUT2D eigenvalue weighted by molar-refractivity contribution is -0.150. The quantitative estimate of drug-likeness (QED) is 0.219. The first kappa shape index (κ1) is 30.2. The van der Waals surface area contributed by atoms with Gasteiger partial charge in [0.15, 0.2) is 0 Å². The fraction of sp³-hybridized carbons (Fsp3) is 0.839. The molecule has 37 heavy (non-hydrogen) atoms. The molecule has 1 aromatic heterocycles. The number of carboxylic acid groups (broad SMARTS) is 1. The molecular weight excluding hydrogens is 466 g/mol. The van der Waals surface area contributed by atoms with Crippen LogP contribution in [0.4, 0.5) is 0 Å². The fourth-order valence-electron chi connectivity index (χ4n) is 7.30. The van der Waals surface area contributed by atoms with E-state index in [9.17, 15) is 25.2 Å². The van der Waals surface area contributed by atoms with Gasteiger partial charge in [-0.3, -0.25) is 4.79 Å². The summed E-state index contributed by atoms with van der Waals surface area (Å²) in [4.78, 5) is 16.9. The first-order valence-corrected chi connectivity index (χ1v) is 15.2. The summed E-state index contributed by atoms with van der Waals surface area (Å²) >= 11 is 0. The highest BCUT2D eigenvalue weighted by Gasteiger charge is 2.47. The highest BCUT2D eigenvalue weighted by Crippen LogP contribution is 2.50. The van der Waals surface area contributed by atoms with Crippen LogP contribution in [-0.4, -0.2) is 44.2 Å². The van der Waals surface area contributed by atoms with Crippen molar-refractivity contribution in [3.63, 3.8) is 0 Å². The molecule has 0 bridgehead atoms. The van der Waals surface area contributed by atoms with Crippen LogP contribution in [0, 0.1) is 17.8 Å². The van der Waals surface area contributed by atoms with Crippen LogP contribution in [0.5, 0.6) is 0 Å². The van der Waals surface area contributed by atoms with Crippen molar-refractivity contribution in [2.45, 2.75) is 146 Å². The summed E-state index contributed by atoms with van der Waals surface area (Å²) in [6.07, 6.45) is 16.9. The van der Waals surface area contributed by atoms with E-state index in [-0.39, 0.29) is 23.9 Å². The number of aliphatic hydroxyl groups excluding tert-OH is 2. The van der Waals surface area contributed by atoms with Crippen molar-refractivity contribution in [2.75, 3.05) is 0 Å². The predicted molar refractivity (Wildman–Crippen MR) is 146 cm³/mol. The molecule has 0 aromatic carbocycles. The van der Waals surface area contributed by atoms with E-state index >= 15 is 0 Å². The van der Waals surface area contributed by atoms with E-state index in [1.165, 1.54) is 25.7 Å². The Bertz CT molecular complexity index is 768. The lowest BCUT2D eigenvalue weighted by Crippen LogP contribution is -2.42. The highest BCUT2D eigenvalue weighted by molar-refractivity contribution is 5.71. The van der Waals surface area contributed by atoms with Crippen molar-refractivity contribution in [1.82, 2.24) is 4.98 Å². The summed E-state index contributed by atoms with van der Waals surface area (Å²) in [5, 5.41) is 42.9. The lowest BCUT2D eigenvalue weighted by atomic mass is 9.69. The second-order valence-electron chi connectivity index (χ2n) is 12.1. The van der Waals surface area contributed by atoms with Crippen LogP contribution in [0.3, 0.4) is 0 Å². The molecule has 7 atom stereocenters. The minimum atomic E-state index is -0.934. The van der Waals surface area contributed by atoms with Gasteiger partial charge in [-0.1, -0.05) is 76.8 Å². The lowest BCUT2D eigenvalue weighted by Gasteiger charge is -2.41. The number of hydrogen-bond acceptors (Lipinski definition) is 4. The fourth-order valence-corrected chi connectivity index (χ4v) is 7.30. The molecule has 212 valence electrons. The molecule has 2 aliphatic carbocycles. The van der Waals surface area contributed by atoms with Gasteiger partial charge in [-0.05, 0) is 75.5 Å². The zero-order valence-electron chi connectivity index (χ0n) is 23.1. The van der Waals surface area contributed by atoms with E-state index in [0.717, 1.165) is 76.3 Å². The van der Waals surface area contributed by atoms with Crippen molar-refractivity contribution in [1.29, 1.82) is 0 Å². The molecule has 2 saturated carbocycles. The summed E-state index contributed by atoms with van der Waals surface area (Å²) in [5.41, 5.74) is 0.165. The average molecular weight is 519 g/mol. The Hall–Kier alpha value is -1.37. The van der Waals surface area contributed by atoms with E-state index in [0.29, 0.717) is 19.3 Å². The SMILES string of the molecule is CCCCCCC[C@H](O)CCCCC[C@@H]1CC[C@@H](c2ccc[n-]2)[C@@H]2CCC[C@@]2(O)CC[C@H](O)[C@H]1C(=O)O. The zero-order valence-corrected chi connectivity index (χ0v) is 23.1. The van der Waals surface area contributed by atoms with Crippen molar-refractivity contribution >= 4 is 5.97 Å². The molecule has 4 N–H and O–H groups in total. The van der Waals surface area contributed by atoms with E-state index < -0.39 is 23.6 Å². The van der Waals surface area contributed by atoms with Gasteiger partial charge in [-0.25, -0.2) is 0 Å². The number of nitrogens with zero attached hydrogens (tertiary/aromatic N) is 1. The molecule has 0 spiro atoms. The van der Waals surface area contributed by atoms with Crippen LogP contribution in [0.1, 0.15) is 134 Å². The number of aromatic nitrogens is 1. The maximum absolute atomic E-state index is 12.3. The molecule has 0 amide bonds. The molecule has 1 aromatic rings. The van der Waals surface area contributed by atoms with Crippen molar-refractivity contribution in [3.8, 4) is 0 Å². The van der Waals surface area contributed by atoms with Crippen molar-refractivity contribution in [2.24, 2.45) is 17.8 Å². The zero-order chi connectivity index (χ0) is 26.7. The van der Waals surface area contributed by atoms with Gasteiger partial charge >= 0.3 is 5.97 Å². The summed E-state index contributed by atoms with van der Waals surface area (Å²) in [6, 6.07) is 3.99. The van der Waals surface area contributed by atoms with E-state index in [1.54, 1.807) is 0 Å². The van der Waals surface area contributed by atoms with Gasteiger partial charge < -0.3 is 25.4 Å². The first-order valence-electron chi connectivity index (χ1n) is 15.2. The molecule has 6 nitrogen and oxygen atoms in total. The molecule has 3 rings (SSSR count). The van der Waals surface area contributed by atoms with Crippen molar-refractivity contribution < 1.29 is 25.2 Å². The predicted octanol–water partition coefficient (Wildman–Crippen LogP) is 6.18. The number of aliphatic hydroxyl groups is 3. The third-order valence-electron chi connectivity index (χ3n) is 9.44. The molecule has 2 aliphatic rings. The molecule has 2 fully saturated rings. The van der Waals surface area contributed by atoms with Crippen LogP contribution in [0.25, 0.3) is 0 Å². The number of fused-ring (bicyclic) bond motifs is 1. The van der Waals surface area contributed by atoms with Gasteiger partial charge in [0.05, 0.1) is 23.7 Å². The third kappa shape index (κ3) is 8.83. The first-order chi connectivity index (χ1) is 17.9. The Morgan fingerprint density at radius 2 is 1.76 bits per heavy atom. The Balaban J connectivity index is 1.57. The molecule has 0 radical (unpaired) electrons. The summed E-state index contributed by atoms with van der Waals surface area (Å²) < 4.78 is 0. The second kappa shape index (κ2) is 15.3. The normalized spacial score (nSPS) is 31.6. The Morgan fingerprint density at radius 1 is 1.03 bits per heavy atom. The number of carbonyl (C=O) groups is 1. The minimum absolute atomic E-state index is 0.0963. The van der Waals surface area contributed by atoms with Gasteiger partial charge in [0.25, 0.3) is 0 Å². The number of hydrogen-bond donors (Lipinski definition) is 4. The summed E-state index contributed by atoms with van der Waals surface area (Å²) in [7, 11) is 0. The van der Waals surface area contributed by atoms with Crippen LogP contribution < -0.4 is 4.98 Å². The molecular formula is C31H52NO5-. The third-order valence-corrected chi connectivity index (χ3v) is 9.44. The highest BCUT2D eigenvalue weighted by atomic mass is 16.4. The monoisotopic (exact) mass is 518 g/mol. The minimum Gasteiger partial charge on any atom is -0.667 e. The maximum atomic E-state index is 12.3. The molecule has 0 saturated heterocycles. The van der Waals surface area contributed by atoms with Crippen molar-refractivity contribution in [3.05, 3.63) is 24.0 Å². The van der Waals surface area contributed by atoms with Gasteiger partial charge in [-0.15, -0.1) is 0 Å². The number of rotatable bonds is 14. The van der Waals surface area contributed by atoms with Gasteiger partial charge in [-0.2, -0.15) is 11.9 Å². The molecule has 0 unspecified atom stereocenters. The standard InChI is InChI=1S/C31H52NO5/c1-2-3-4-5-8-13-24(33)14-9-6-7-12-23-17-18-25(27-16-11-22-32-27)26-15-10-20-31(26,37)21-19-28(34)29(23)30(35)36/h11,16,22-26,28-29,33-34,37H,2-10,12-15,17-21H2,1H3,(H,35,36)/q-1/t23-,24+,25-,26+,28+,29+,31-/m1/s1. The van der Waals surface area contributed by atoms with Crippen LogP contribution >= 0.6 is 0 Å². The van der Waals surface area contributed by atoms with Crippen LogP contribution in [0.2, 0.25) is 0 Å². The largest absolute Gasteiger partial charge is 0.667 e. The Kier molecular flexibility index (Phi) is 12.5. The Morgan fingerprint density at radius 3 is 2.43 bits per heavy atom. The second-order valence-corrected chi connectivity index (χ2v) is 12.1. The topological polar surface area (TPSA) is 112 Å². The number of carboxylic acids is 1. The van der Waals surface area contributed by atoms with Crippen LogP contribution in [-0.2, 0) is 4.79 Å². The van der Waals surface area contributed by atoms with Crippen LogP contribution in [0.15, 0.2) is 18.3 Å².